The molecule has 0 saturated carbocycles. The van der Waals surface area contributed by atoms with Gasteiger partial charge in [0.2, 0.25) is 0 Å². The van der Waals surface area contributed by atoms with Crippen LogP contribution in [-0.4, -0.2) is 32.3 Å². The van der Waals surface area contributed by atoms with Crippen LogP contribution in [0.15, 0.2) is 59.7 Å². The van der Waals surface area contributed by atoms with Gasteiger partial charge in [0, 0.05) is 30.7 Å². The molecule has 0 aliphatic carbocycles. The summed E-state index contributed by atoms with van der Waals surface area (Å²) in [5, 5.41) is 16.7. The van der Waals surface area contributed by atoms with Crippen LogP contribution >= 0.6 is 0 Å². The molecule has 0 amide bonds. The molecule has 7 nitrogen and oxygen atoms in total. The minimum atomic E-state index is 0.124. The maximum atomic E-state index is 4.81. The quantitative estimate of drug-likeness (QED) is 0.281. The molecule has 0 spiro atoms. The molecular formula is C26H33N7. The zero-order valence-electron chi connectivity index (χ0n) is 19.9. The van der Waals surface area contributed by atoms with Crippen molar-refractivity contribution in [3.8, 4) is 0 Å². The number of nitrogens with one attached hydrogen (secondary N) is 3. The average Bonchev–Trinajstić information content (AvgIpc) is 3.40. The fourth-order valence-electron chi connectivity index (χ4n) is 4.01. The standard InChI is InChI=1S/C26H33N7/c1-5-20-12-9-13-23-22(16-28-25(20)23)14-15-27-26(29-17-24-32-31-19(3)33(24)4)30-18(2)21-10-7-6-8-11-21/h6-13,16,18,28H,5,14-15,17H2,1-4H3,(H2,27,29,30). The summed E-state index contributed by atoms with van der Waals surface area (Å²) in [4.78, 5) is 8.27. The second kappa shape index (κ2) is 10.3. The lowest BCUT2D eigenvalue weighted by atomic mass is 10.1. The van der Waals surface area contributed by atoms with Crippen LogP contribution in [-0.2, 0) is 26.4 Å². The van der Waals surface area contributed by atoms with Crippen molar-refractivity contribution in [1.82, 2.24) is 30.4 Å². The van der Waals surface area contributed by atoms with E-state index in [9.17, 15) is 0 Å². The molecule has 33 heavy (non-hydrogen) atoms. The first-order valence-electron chi connectivity index (χ1n) is 11.6. The summed E-state index contributed by atoms with van der Waals surface area (Å²) in [5.74, 6) is 2.48. The highest BCUT2D eigenvalue weighted by Crippen LogP contribution is 2.22. The lowest BCUT2D eigenvalue weighted by molar-refractivity contribution is 0.675. The number of fused-ring (bicyclic) bond motifs is 1. The number of aryl methyl sites for hydroxylation is 2. The van der Waals surface area contributed by atoms with Gasteiger partial charge in [-0.3, -0.25) is 0 Å². The summed E-state index contributed by atoms with van der Waals surface area (Å²) in [6.45, 7) is 7.51. The monoisotopic (exact) mass is 443 g/mol. The number of nitrogens with zero attached hydrogens (tertiary/aromatic N) is 4. The van der Waals surface area contributed by atoms with Crippen molar-refractivity contribution in [2.45, 2.75) is 46.2 Å². The third-order valence-electron chi connectivity index (χ3n) is 6.17. The highest BCUT2D eigenvalue weighted by Gasteiger charge is 2.11. The Hall–Kier alpha value is -3.61. The van der Waals surface area contributed by atoms with Crippen molar-refractivity contribution >= 4 is 16.9 Å². The highest BCUT2D eigenvalue weighted by molar-refractivity contribution is 5.86. The van der Waals surface area contributed by atoms with Crippen molar-refractivity contribution < 1.29 is 0 Å². The smallest absolute Gasteiger partial charge is 0.192 e. The highest BCUT2D eigenvalue weighted by atomic mass is 15.3. The Morgan fingerprint density at radius 2 is 1.91 bits per heavy atom. The molecule has 0 fully saturated rings. The first-order chi connectivity index (χ1) is 16.1. The minimum absolute atomic E-state index is 0.124. The first kappa shape index (κ1) is 22.6. The molecule has 4 aromatic rings. The van der Waals surface area contributed by atoms with E-state index >= 15 is 0 Å². The second-order valence-electron chi connectivity index (χ2n) is 8.35. The molecular weight excluding hydrogens is 410 g/mol. The number of rotatable bonds is 8. The van der Waals surface area contributed by atoms with Crippen LogP contribution in [0.2, 0.25) is 0 Å². The maximum Gasteiger partial charge on any atom is 0.192 e. The molecule has 7 heteroatoms. The Morgan fingerprint density at radius 1 is 1.09 bits per heavy atom. The SMILES string of the molecule is CCc1cccc2c(CCNC(=NCc3nnc(C)n3C)NC(C)c3ccccc3)c[nH]c12. The van der Waals surface area contributed by atoms with Crippen molar-refractivity contribution in [3.63, 3.8) is 0 Å². The van der Waals surface area contributed by atoms with Gasteiger partial charge in [0.1, 0.15) is 12.4 Å². The second-order valence-corrected chi connectivity index (χ2v) is 8.35. The van der Waals surface area contributed by atoms with E-state index < -0.39 is 0 Å². The molecule has 2 heterocycles. The molecule has 0 aliphatic rings. The number of benzene rings is 2. The Kier molecular flexibility index (Phi) is 7.07. The van der Waals surface area contributed by atoms with E-state index in [1.54, 1.807) is 0 Å². The summed E-state index contributed by atoms with van der Waals surface area (Å²) in [5.41, 5.74) is 5.13. The van der Waals surface area contributed by atoms with Crippen molar-refractivity contribution in [2.75, 3.05) is 6.54 Å². The molecule has 2 aromatic carbocycles. The Morgan fingerprint density at radius 3 is 2.64 bits per heavy atom. The molecule has 0 saturated heterocycles. The van der Waals surface area contributed by atoms with E-state index in [0.717, 1.165) is 37.0 Å². The van der Waals surface area contributed by atoms with Crippen LogP contribution < -0.4 is 10.6 Å². The molecule has 1 atom stereocenters. The number of hydrogen-bond donors (Lipinski definition) is 3. The van der Waals surface area contributed by atoms with Crippen LogP contribution in [0.3, 0.4) is 0 Å². The Balaban J connectivity index is 1.47. The Bertz CT molecular complexity index is 1220. The van der Waals surface area contributed by atoms with Crippen LogP contribution in [0.4, 0.5) is 0 Å². The molecule has 2 aromatic heterocycles. The number of aromatic amines is 1. The van der Waals surface area contributed by atoms with Crippen LogP contribution in [0.5, 0.6) is 0 Å². The summed E-state index contributed by atoms with van der Waals surface area (Å²) in [7, 11) is 1.97. The minimum Gasteiger partial charge on any atom is -0.361 e. The zero-order chi connectivity index (χ0) is 23.2. The molecule has 4 rings (SSSR count). The van der Waals surface area contributed by atoms with Crippen LogP contribution in [0.1, 0.15) is 48.2 Å². The predicted molar refractivity (Wildman–Crippen MR) is 134 cm³/mol. The number of aliphatic imine (C=N–C) groups is 1. The lowest BCUT2D eigenvalue weighted by Gasteiger charge is -2.19. The number of hydrogen-bond acceptors (Lipinski definition) is 3. The molecule has 1 unspecified atom stereocenters. The number of guanidine groups is 1. The van der Waals surface area contributed by atoms with Gasteiger partial charge in [-0.2, -0.15) is 0 Å². The van der Waals surface area contributed by atoms with Gasteiger partial charge in [-0.25, -0.2) is 4.99 Å². The lowest BCUT2D eigenvalue weighted by Crippen LogP contribution is -2.39. The van der Waals surface area contributed by atoms with Gasteiger partial charge in [0.25, 0.3) is 0 Å². The van der Waals surface area contributed by atoms with E-state index in [0.29, 0.717) is 6.54 Å². The van der Waals surface area contributed by atoms with Gasteiger partial charge < -0.3 is 20.2 Å². The third kappa shape index (κ3) is 5.25. The summed E-state index contributed by atoms with van der Waals surface area (Å²) in [6.07, 6.45) is 4.05. The van der Waals surface area contributed by atoms with Crippen molar-refractivity contribution in [2.24, 2.45) is 12.0 Å². The summed E-state index contributed by atoms with van der Waals surface area (Å²) >= 11 is 0. The molecule has 0 bridgehead atoms. The summed E-state index contributed by atoms with van der Waals surface area (Å²) in [6, 6.07) is 17.0. The van der Waals surface area contributed by atoms with Gasteiger partial charge in [0.05, 0.1) is 6.04 Å². The predicted octanol–water partition coefficient (Wildman–Crippen LogP) is 4.21. The van der Waals surface area contributed by atoms with Gasteiger partial charge >= 0.3 is 0 Å². The number of para-hydroxylation sites is 1. The third-order valence-corrected chi connectivity index (χ3v) is 6.17. The summed E-state index contributed by atoms with van der Waals surface area (Å²) < 4.78 is 1.97. The largest absolute Gasteiger partial charge is 0.361 e. The maximum absolute atomic E-state index is 4.81. The van der Waals surface area contributed by atoms with Gasteiger partial charge in [-0.05, 0) is 43.4 Å². The molecule has 3 N–H and O–H groups in total. The normalized spacial score (nSPS) is 12.8. The van der Waals surface area contributed by atoms with E-state index in [1.165, 1.54) is 27.6 Å². The van der Waals surface area contributed by atoms with E-state index in [2.05, 4.69) is 88.3 Å². The van der Waals surface area contributed by atoms with E-state index in [4.69, 9.17) is 4.99 Å². The van der Waals surface area contributed by atoms with Crippen LogP contribution in [0.25, 0.3) is 10.9 Å². The van der Waals surface area contributed by atoms with Crippen LogP contribution in [0, 0.1) is 6.92 Å². The van der Waals surface area contributed by atoms with Gasteiger partial charge in [-0.15, -0.1) is 10.2 Å². The average molecular weight is 444 g/mol. The Labute approximate surface area is 195 Å². The first-order valence-corrected chi connectivity index (χ1v) is 11.6. The fourth-order valence-corrected chi connectivity index (χ4v) is 4.01. The van der Waals surface area contributed by atoms with Gasteiger partial charge in [-0.1, -0.05) is 55.5 Å². The van der Waals surface area contributed by atoms with E-state index in [-0.39, 0.29) is 6.04 Å². The molecule has 0 radical (unpaired) electrons. The van der Waals surface area contributed by atoms with E-state index in [1.807, 2.05) is 24.6 Å². The van der Waals surface area contributed by atoms with Crippen molar-refractivity contribution in [1.29, 1.82) is 0 Å². The van der Waals surface area contributed by atoms with Gasteiger partial charge in [0.15, 0.2) is 11.8 Å². The molecule has 172 valence electrons. The van der Waals surface area contributed by atoms with Crippen molar-refractivity contribution in [3.05, 3.63) is 83.1 Å². The number of aromatic nitrogens is 4. The fraction of sp³-hybridized carbons (Fsp3) is 0.346. The number of H-pyrrole nitrogens is 1. The topological polar surface area (TPSA) is 82.9 Å². The zero-order valence-corrected chi connectivity index (χ0v) is 19.9. The molecule has 0 aliphatic heterocycles.